The Morgan fingerprint density at radius 1 is 1.12 bits per heavy atom. The predicted molar refractivity (Wildman–Crippen MR) is 101 cm³/mol. The molecule has 0 unspecified atom stereocenters. The van der Waals surface area contributed by atoms with E-state index >= 15 is 0 Å². The Morgan fingerprint density at radius 3 is 2.42 bits per heavy atom. The van der Waals surface area contributed by atoms with Crippen LogP contribution in [0.25, 0.3) is 0 Å². The topological polar surface area (TPSA) is 61.5 Å². The number of halogens is 1. The van der Waals surface area contributed by atoms with Crippen molar-refractivity contribution in [2.75, 3.05) is 6.61 Å². The van der Waals surface area contributed by atoms with Crippen LogP contribution < -0.4 is 4.74 Å². The van der Waals surface area contributed by atoms with Gasteiger partial charge in [0, 0.05) is 10.6 Å². The minimum absolute atomic E-state index is 0.332. The Bertz CT molecular complexity index is 860. The van der Waals surface area contributed by atoms with Crippen molar-refractivity contribution in [1.29, 1.82) is 0 Å². The van der Waals surface area contributed by atoms with Gasteiger partial charge in [-0.15, -0.1) is 0 Å². The van der Waals surface area contributed by atoms with Gasteiger partial charge in [-0.25, -0.2) is 9.67 Å². The van der Waals surface area contributed by atoms with Crippen LogP contribution in [0.5, 0.6) is 11.5 Å². The second-order valence-corrected chi connectivity index (χ2v) is 5.73. The lowest BCUT2D eigenvalue weighted by molar-refractivity contribution is 0.174. The van der Waals surface area contributed by atoms with Crippen molar-refractivity contribution in [1.82, 2.24) is 14.8 Å². The van der Waals surface area contributed by atoms with E-state index in [4.69, 9.17) is 21.2 Å². The molecule has 0 atom stereocenters. The zero-order valence-electron chi connectivity index (χ0n) is 14.0. The average Bonchev–Trinajstić information content (AvgIpc) is 3.17. The zero-order valence-corrected chi connectivity index (χ0v) is 14.7. The van der Waals surface area contributed by atoms with Crippen LogP contribution in [0.15, 0.2) is 79.0 Å². The Balaban J connectivity index is 1.75. The summed E-state index contributed by atoms with van der Waals surface area (Å²) in [4.78, 5) is 9.19. The molecule has 0 bridgehead atoms. The van der Waals surface area contributed by atoms with E-state index in [1.54, 1.807) is 29.2 Å². The van der Waals surface area contributed by atoms with Crippen molar-refractivity contribution in [2.24, 2.45) is 5.16 Å². The van der Waals surface area contributed by atoms with Gasteiger partial charge in [0.05, 0.1) is 6.54 Å². The maximum atomic E-state index is 5.88. The summed E-state index contributed by atoms with van der Waals surface area (Å²) >= 11 is 5.88. The monoisotopic (exact) mass is 368 g/mol. The first-order valence-corrected chi connectivity index (χ1v) is 8.28. The molecular weight excluding hydrogens is 352 g/mol. The van der Waals surface area contributed by atoms with Gasteiger partial charge in [0.1, 0.15) is 36.5 Å². The molecule has 3 rings (SSSR count). The molecule has 0 saturated carbocycles. The third kappa shape index (κ3) is 4.94. The first kappa shape index (κ1) is 17.7. The zero-order chi connectivity index (χ0) is 18.2. The molecule has 132 valence electrons. The van der Waals surface area contributed by atoms with Gasteiger partial charge in [-0.2, -0.15) is 5.10 Å². The van der Waals surface area contributed by atoms with Crippen molar-refractivity contribution in [3.8, 4) is 11.5 Å². The highest BCUT2D eigenvalue weighted by Gasteiger charge is 2.08. The molecule has 0 spiro atoms. The lowest BCUT2D eigenvalue weighted by Crippen LogP contribution is -2.13. The second kappa shape index (κ2) is 8.82. The van der Waals surface area contributed by atoms with Gasteiger partial charge < -0.3 is 9.57 Å². The van der Waals surface area contributed by atoms with E-state index < -0.39 is 0 Å². The van der Waals surface area contributed by atoms with Crippen LogP contribution in [0, 0.1) is 0 Å². The summed E-state index contributed by atoms with van der Waals surface area (Å²) in [5.74, 6) is 1.43. The highest BCUT2D eigenvalue weighted by atomic mass is 35.5. The summed E-state index contributed by atoms with van der Waals surface area (Å²) < 4.78 is 7.48. The van der Waals surface area contributed by atoms with Gasteiger partial charge in [0.25, 0.3) is 0 Å². The number of hydrogen-bond donors (Lipinski definition) is 0. The summed E-state index contributed by atoms with van der Waals surface area (Å²) in [6.45, 7) is 4.39. The third-order valence-electron chi connectivity index (χ3n) is 3.38. The van der Waals surface area contributed by atoms with Crippen molar-refractivity contribution in [2.45, 2.75) is 6.54 Å². The summed E-state index contributed by atoms with van der Waals surface area (Å²) in [7, 11) is 0. The van der Waals surface area contributed by atoms with Gasteiger partial charge in [-0.1, -0.05) is 29.4 Å². The first-order valence-electron chi connectivity index (χ1n) is 7.90. The molecule has 0 fully saturated rings. The molecule has 0 aliphatic carbocycles. The number of benzene rings is 2. The number of nitrogens with zero attached hydrogens (tertiary/aromatic N) is 4. The standard InChI is InChI=1S/C19H17ClN4O2/c1-2-11-25-23-19(12-24-14-21-13-22-24)15-3-7-17(8-4-15)26-18-9-5-16(20)6-10-18/h2-10,13-14H,1,11-12H2/b23-19-. The molecule has 0 saturated heterocycles. The molecule has 7 heteroatoms. The minimum Gasteiger partial charge on any atom is -0.457 e. The van der Waals surface area contributed by atoms with E-state index in [1.165, 1.54) is 6.33 Å². The van der Waals surface area contributed by atoms with Crippen LogP contribution in [0.4, 0.5) is 0 Å². The molecule has 0 radical (unpaired) electrons. The summed E-state index contributed by atoms with van der Waals surface area (Å²) in [5.41, 5.74) is 1.61. The number of aromatic nitrogens is 3. The van der Waals surface area contributed by atoms with Crippen LogP contribution in [-0.4, -0.2) is 27.1 Å². The highest BCUT2D eigenvalue weighted by molar-refractivity contribution is 6.30. The van der Waals surface area contributed by atoms with Crippen molar-refractivity contribution < 1.29 is 9.57 Å². The fourth-order valence-electron chi connectivity index (χ4n) is 2.16. The van der Waals surface area contributed by atoms with Crippen molar-refractivity contribution >= 4 is 17.3 Å². The summed E-state index contributed by atoms with van der Waals surface area (Å²) in [5, 5.41) is 8.95. The van der Waals surface area contributed by atoms with Crippen LogP contribution in [0.1, 0.15) is 5.56 Å². The number of ether oxygens (including phenoxy) is 1. The number of oxime groups is 1. The Kier molecular flexibility index (Phi) is 6.01. The molecule has 0 aliphatic heterocycles. The van der Waals surface area contributed by atoms with Gasteiger partial charge in [0.15, 0.2) is 0 Å². The van der Waals surface area contributed by atoms with Gasteiger partial charge >= 0.3 is 0 Å². The van der Waals surface area contributed by atoms with Gasteiger partial charge in [-0.3, -0.25) is 0 Å². The van der Waals surface area contributed by atoms with Gasteiger partial charge in [0.2, 0.25) is 0 Å². The Labute approximate surface area is 156 Å². The largest absolute Gasteiger partial charge is 0.457 e. The Hall–Kier alpha value is -3.12. The molecule has 2 aromatic carbocycles. The molecule has 1 aromatic heterocycles. The van der Waals surface area contributed by atoms with E-state index in [0.717, 1.165) is 11.3 Å². The lowest BCUT2D eigenvalue weighted by Gasteiger charge is -2.09. The number of hydrogen-bond acceptors (Lipinski definition) is 5. The molecular formula is C19H17ClN4O2. The molecule has 0 N–H and O–H groups in total. The molecule has 0 amide bonds. The third-order valence-corrected chi connectivity index (χ3v) is 3.63. The minimum atomic E-state index is 0.332. The maximum Gasteiger partial charge on any atom is 0.137 e. The molecule has 0 aliphatic rings. The summed E-state index contributed by atoms with van der Waals surface area (Å²) in [6.07, 6.45) is 4.74. The van der Waals surface area contributed by atoms with Gasteiger partial charge in [-0.05, 0) is 48.5 Å². The SMILES string of the molecule is C=CCO/N=C(/Cn1cncn1)c1ccc(Oc2ccc(Cl)cc2)cc1. The predicted octanol–water partition coefficient (Wildman–Crippen LogP) is 4.33. The van der Waals surface area contributed by atoms with Crippen LogP contribution in [0.2, 0.25) is 5.02 Å². The van der Waals surface area contributed by atoms with E-state index in [-0.39, 0.29) is 0 Å². The van der Waals surface area contributed by atoms with Crippen LogP contribution >= 0.6 is 11.6 Å². The van der Waals surface area contributed by atoms with Crippen molar-refractivity contribution in [3.63, 3.8) is 0 Å². The second-order valence-electron chi connectivity index (χ2n) is 5.30. The van der Waals surface area contributed by atoms with E-state index in [2.05, 4.69) is 21.8 Å². The maximum absolute atomic E-state index is 5.88. The molecule has 26 heavy (non-hydrogen) atoms. The molecule has 3 aromatic rings. The summed E-state index contributed by atoms with van der Waals surface area (Å²) in [6, 6.07) is 14.8. The van der Waals surface area contributed by atoms with Crippen molar-refractivity contribution in [3.05, 3.63) is 84.4 Å². The average molecular weight is 369 g/mol. The quantitative estimate of drug-likeness (QED) is 0.257. The van der Waals surface area contributed by atoms with E-state index in [0.29, 0.717) is 29.7 Å². The number of rotatable bonds is 8. The van der Waals surface area contributed by atoms with Crippen LogP contribution in [-0.2, 0) is 11.4 Å². The highest BCUT2D eigenvalue weighted by Crippen LogP contribution is 2.23. The fourth-order valence-corrected chi connectivity index (χ4v) is 2.29. The first-order chi connectivity index (χ1) is 12.7. The normalized spacial score (nSPS) is 11.2. The smallest absolute Gasteiger partial charge is 0.137 e. The van der Waals surface area contributed by atoms with E-state index in [1.807, 2.05) is 36.4 Å². The van der Waals surface area contributed by atoms with E-state index in [9.17, 15) is 0 Å². The molecule has 6 nitrogen and oxygen atoms in total. The lowest BCUT2D eigenvalue weighted by atomic mass is 10.1. The van der Waals surface area contributed by atoms with Crippen LogP contribution in [0.3, 0.4) is 0 Å². The Morgan fingerprint density at radius 2 is 1.81 bits per heavy atom. The molecule has 1 heterocycles. The fraction of sp³-hybridized carbons (Fsp3) is 0.105.